The third kappa shape index (κ3) is 2.77. The van der Waals surface area contributed by atoms with Crippen LogP contribution in [0, 0.1) is 24.4 Å². The zero-order valence-corrected chi connectivity index (χ0v) is 11.1. The van der Waals surface area contributed by atoms with E-state index < -0.39 is 34.6 Å². The van der Waals surface area contributed by atoms with Crippen LogP contribution in [0.2, 0.25) is 5.02 Å². The summed E-state index contributed by atoms with van der Waals surface area (Å²) in [6.45, 7) is 1.42. The Balaban J connectivity index is 2.38. The standard InChI is InChI=1S/C14H9ClF3NO/c1-7-2-4-11(17)13(12(7)18)19-14(20)9-6-8(15)3-5-10(9)16/h2-6H,1H3,(H,19,20). The quantitative estimate of drug-likeness (QED) is 0.879. The second kappa shape index (κ2) is 5.54. The van der Waals surface area contributed by atoms with Crippen molar-refractivity contribution in [3.8, 4) is 0 Å². The van der Waals surface area contributed by atoms with E-state index in [4.69, 9.17) is 11.6 Å². The molecule has 2 aromatic rings. The number of hydrogen-bond acceptors (Lipinski definition) is 1. The fraction of sp³-hybridized carbons (Fsp3) is 0.0714. The van der Waals surface area contributed by atoms with Crippen LogP contribution in [0.1, 0.15) is 15.9 Å². The van der Waals surface area contributed by atoms with Crippen molar-refractivity contribution in [3.63, 3.8) is 0 Å². The maximum atomic E-state index is 13.7. The highest BCUT2D eigenvalue weighted by Gasteiger charge is 2.18. The van der Waals surface area contributed by atoms with E-state index in [-0.39, 0.29) is 10.6 Å². The number of anilines is 1. The molecule has 2 nitrogen and oxygen atoms in total. The van der Waals surface area contributed by atoms with Gasteiger partial charge < -0.3 is 5.32 Å². The van der Waals surface area contributed by atoms with Crippen molar-refractivity contribution < 1.29 is 18.0 Å². The van der Waals surface area contributed by atoms with E-state index >= 15 is 0 Å². The van der Waals surface area contributed by atoms with E-state index in [1.54, 1.807) is 0 Å². The molecule has 0 aliphatic rings. The van der Waals surface area contributed by atoms with Crippen LogP contribution in [0.4, 0.5) is 18.9 Å². The number of hydrogen-bond donors (Lipinski definition) is 1. The summed E-state index contributed by atoms with van der Waals surface area (Å²) in [6, 6.07) is 5.60. The minimum atomic E-state index is -0.978. The lowest BCUT2D eigenvalue weighted by Crippen LogP contribution is -2.16. The molecule has 20 heavy (non-hydrogen) atoms. The van der Waals surface area contributed by atoms with Gasteiger partial charge in [0.2, 0.25) is 0 Å². The van der Waals surface area contributed by atoms with Crippen molar-refractivity contribution >= 4 is 23.2 Å². The summed E-state index contributed by atoms with van der Waals surface area (Å²) >= 11 is 5.66. The largest absolute Gasteiger partial charge is 0.317 e. The SMILES string of the molecule is Cc1ccc(F)c(NC(=O)c2cc(Cl)ccc2F)c1F. The normalized spacial score (nSPS) is 10.4. The van der Waals surface area contributed by atoms with Gasteiger partial charge >= 0.3 is 0 Å². The van der Waals surface area contributed by atoms with E-state index in [1.807, 2.05) is 5.32 Å². The van der Waals surface area contributed by atoms with Crippen LogP contribution in [0.5, 0.6) is 0 Å². The van der Waals surface area contributed by atoms with Gasteiger partial charge in [-0.3, -0.25) is 4.79 Å². The van der Waals surface area contributed by atoms with Gasteiger partial charge in [-0.05, 0) is 36.8 Å². The Morgan fingerprint density at radius 1 is 1.10 bits per heavy atom. The Morgan fingerprint density at radius 2 is 1.75 bits per heavy atom. The topological polar surface area (TPSA) is 29.1 Å². The molecule has 0 radical (unpaired) electrons. The molecule has 0 saturated heterocycles. The van der Waals surface area contributed by atoms with Gasteiger partial charge in [-0.2, -0.15) is 0 Å². The van der Waals surface area contributed by atoms with Crippen LogP contribution in [-0.4, -0.2) is 5.91 Å². The summed E-state index contributed by atoms with van der Waals surface area (Å²) in [4.78, 5) is 11.9. The van der Waals surface area contributed by atoms with Gasteiger partial charge in [0.1, 0.15) is 17.3 Å². The summed E-state index contributed by atoms with van der Waals surface area (Å²) in [5.41, 5.74) is -0.847. The molecule has 104 valence electrons. The highest BCUT2D eigenvalue weighted by atomic mass is 35.5. The number of halogens is 4. The molecule has 0 fully saturated rings. The predicted molar refractivity (Wildman–Crippen MR) is 70.5 cm³/mol. The maximum Gasteiger partial charge on any atom is 0.258 e. The molecule has 1 N–H and O–H groups in total. The summed E-state index contributed by atoms with van der Waals surface area (Å²) in [5.74, 6) is -3.65. The summed E-state index contributed by atoms with van der Waals surface area (Å²) < 4.78 is 40.8. The van der Waals surface area contributed by atoms with Gasteiger partial charge in [0.05, 0.1) is 5.56 Å². The molecular formula is C14H9ClF3NO. The lowest BCUT2D eigenvalue weighted by atomic mass is 10.1. The zero-order chi connectivity index (χ0) is 14.9. The van der Waals surface area contributed by atoms with Crippen molar-refractivity contribution in [1.82, 2.24) is 0 Å². The van der Waals surface area contributed by atoms with Crippen LogP contribution in [-0.2, 0) is 0 Å². The van der Waals surface area contributed by atoms with Crippen LogP contribution in [0.25, 0.3) is 0 Å². The molecule has 0 atom stereocenters. The van der Waals surface area contributed by atoms with E-state index in [0.29, 0.717) is 0 Å². The molecule has 6 heteroatoms. The highest BCUT2D eigenvalue weighted by molar-refractivity contribution is 6.31. The van der Waals surface area contributed by atoms with Crippen molar-refractivity contribution in [2.45, 2.75) is 6.92 Å². The molecule has 2 aromatic carbocycles. The smallest absolute Gasteiger partial charge is 0.258 e. The highest BCUT2D eigenvalue weighted by Crippen LogP contribution is 2.23. The van der Waals surface area contributed by atoms with Crippen LogP contribution in [0.3, 0.4) is 0 Å². The monoisotopic (exact) mass is 299 g/mol. The van der Waals surface area contributed by atoms with Gasteiger partial charge in [0.25, 0.3) is 5.91 Å². The van der Waals surface area contributed by atoms with Crippen molar-refractivity contribution in [1.29, 1.82) is 0 Å². The molecule has 0 aliphatic carbocycles. The second-order valence-electron chi connectivity index (χ2n) is 4.13. The fourth-order valence-corrected chi connectivity index (χ4v) is 1.80. The minimum absolute atomic E-state index is 0.140. The lowest BCUT2D eigenvalue weighted by Gasteiger charge is -2.10. The summed E-state index contributed by atoms with van der Waals surface area (Å²) in [7, 11) is 0. The third-order valence-electron chi connectivity index (χ3n) is 2.70. The van der Waals surface area contributed by atoms with Gasteiger partial charge in [-0.1, -0.05) is 17.7 Å². The molecule has 1 amide bonds. The first-order valence-electron chi connectivity index (χ1n) is 5.61. The Morgan fingerprint density at radius 3 is 2.45 bits per heavy atom. The Kier molecular flexibility index (Phi) is 3.99. The van der Waals surface area contributed by atoms with Crippen LogP contribution < -0.4 is 5.32 Å². The average molecular weight is 300 g/mol. The van der Waals surface area contributed by atoms with Crippen LogP contribution in [0.15, 0.2) is 30.3 Å². The molecule has 0 aliphatic heterocycles. The van der Waals surface area contributed by atoms with Crippen molar-refractivity contribution in [2.24, 2.45) is 0 Å². The molecule has 0 heterocycles. The van der Waals surface area contributed by atoms with Gasteiger partial charge in [0.15, 0.2) is 5.82 Å². The first-order chi connectivity index (χ1) is 9.40. The minimum Gasteiger partial charge on any atom is -0.317 e. The maximum absolute atomic E-state index is 13.7. The molecule has 0 spiro atoms. The van der Waals surface area contributed by atoms with E-state index in [0.717, 1.165) is 18.2 Å². The molecular weight excluding hydrogens is 291 g/mol. The number of benzene rings is 2. The third-order valence-corrected chi connectivity index (χ3v) is 2.93. The van der Waals surface area contributed by atoms with Gasteiger partial charge in [-0.25, -0.2) is 13.2 Å². The van der Waals surface area contributed by atoms with E-state index in [1.165, 1.54) is 19.1 Å². The number of amides is 1. The van der Waals surface area contributed by atoms with Crippen molar-refractivity contribution in [2.75, 3.05) is 5.32 Å². The predicted octanol–water partition coefficient (Wildman–Crippen LogP) is 4.32. The molecule has 0 aromatic heterocycles. The number of rotatable bonds is 2. The van der Waals surface area contributed by atoms with Crippen LogP contribution >= 0.6 is 11.6 Å². The van der Waals surface area contributed by atoms with E-state index in [2.05, 4.69) is 0 Å². The van der Waals surface area contributed by atoms with E-state index in [9.17, 15) is 18.0 Å². The number of carbonyl (C=O) groups excluding carboxylic acids is 1. The summed E-state index contributed by atoms with van der Waals surface area (Å²) in [5, 5.41) is 2.16. The molecule has 2 rings (SSSR count). The first-order valence-corrected chi connectivity index (χ1v) is 5.99. The van der Waals surface area contributed by atoms with Gasteiger partial charge in [0, 0.05) is 5.02 Å². The fourth-order valence-electron chi connectivity index (χ4n) is 1.62. The number of carbonyl (C=O) groups is 1. The summed E-state index contributed by atoms with van der Waals surface area (Å²) in [6.07, 6.45) is 0. The van der Waals surface area contributed by atoms with Gasteiger partial charge in [-0.15, -0.1) is 0 Å². The Labute approximate surface area is 118 Å². The van der Waals surface area contributed by atoms with Crippen molar-refractivity contribution in [3.05, 3.63) is 63.9 Å². The number of aryl methyl sites for hydroxylation is 1. The second-order valence-corrected chi connectivity index (χ2v) is 4.57. The molecule has 0 bridgehead atoms. The Bertz CT molecular complexity index is 688. The Hall–Kier alpha value is -2.01. The zero-order valence-electron chi connectivity index (χ0n) is 10.3. The molecule has 0 unspecified atom stereocenters. The number of nitrogens with one attached hydrogen (secondary N) is 1. The average Bonchev–Trinajstić information content (AvgIpc) is 2.41. The lowest BCUT2D eigenvalue weighted by molar-refractivity contribution is 0.102. The first kappa shape index (κ1) is 14.4. The molecule has 0 saturated carbocycles.